The molecule has 3 rings (SSSR count). The van der Waals surface area contributed by atoms with E-state index in [-0.39, 0.29) is 11.8 Å². The maximum Gasteiger partial charge on any atom is 0.281 e. The monoisotopic (exact) mass is 417 g/mol. The van der Waals surface area contributed by atoms with Gasteiger partial charge in [-0.2, -0.15) is 17.0 Å². The van der Waals surface area contributed by atoms with Crippen molar-refractivity contribution in [3.05, 3.63) is 48.0 Å². The number of piperidine rings is 1. The highest BCUT2D eigenvalue weighted by molar-refractivity contribution is 7.86. The van der Waals surface area contributed by atoms with E-state index in [0.29, 0.717) is 38.4 Å². The first-order valence-corrected chi connectivity index (χ1v) is 11.6. The summed E-state index contributed by atoms with van der Waals surface area (Å²) in [5.41, 5.74) is 1.30. The lowest BCUT2D eigenvalue weighted by Crippen LogP contribution is -2.47. The minimum atomic E-state index is -3.39. The van der Waals surface area contributed by atoms with Crippen molar-refractivity contribution in [2.45, 2.75) is 26.2 Å². The van der Waals surface area contributed by atoms with Gasteiger partial charge < -0.3 is 5.32 Å². The van der Waals surface area contributed by atoms with Gasteiger partial charge in [0.05, 0.1) is 0 Å². The lowest BCUT2D eigenvalue weighted by atomic mass is 9.94. The van der Waals surface area contributed by atoms with Crippen molar-refractivity contribution in [1.82, 2.24) is 13.9 Å². The van der Waals surface area contributed by atoms with Gasteiger partial charge in [0.1, 0.15) is 0 Å². The molecule has 7 heteroatoms. The van der Waals surface area contributed by atoms with Crippen LogP contribution in [0.1, 0.15) is 25.3 Å². The van der Waals surface area contributed by atoms with E-state index in [2.05, 4.69) is 48.6 Å². The molecule has 1 unspecified atom stereocenters. The SMILES string of the molecule is CC(CNC(=O)C1CCN(S(=O)(=O)N(C)C)CC1)Cc1cccc2ccccc12. The predicted octanol–water partition coefficient (Wildman–Crippen LogP) is 2.65. The second kappa shape index (κ2) is 9.24. The molecule has 2 aromatic rings. The van der Waals surface area contributed by atoms with E-state index in [0.717, 1.165) is 6.42 Å². The highest BCUT2D eigenvalue weighted by Gasteiger charge is 2.32. The summed E-state index contributed by atoms with van der Waals surface area (Å²) in [4.78, 5) is 12.6. The summed E-state index contributed by atoms with van der Waals surface area (Å²) in [5.74, 6) is 0.240. The van der Waals surface area contributed by atoms with E-state index in [4.69, 9.17) is 0 Å². The molecule has 2 aromatic carbocycles. The molecule has 1 aliphatic rings. The molecule has 1 aliphatic heterocycles. The zero-order valence-corrected chi connectivity index (χ0v) is 18.3. The number of amides is 1. The first-order chi connectivity index (χ1) is 13.8. The van der Waals surface area contributed by atoms with E-state index in [1.807, 2.05) is 6.07 Å². The van der Waals surface area contributed by atoms with Crippen molar-refractivity contribution in [3.63, 3.8) is 0 Å². The summed E-state index contributed by atoms with van der Waals surface area (Å²) < 4.78 is 27.1. The Morgan fingerprint density at radius 3 is 2.48 bits per heavy atom. The van der Waals surface area contributed by atoms with Crippen molar-refractivity contribution < 1.29 is 13.2 Å². The van der Waals surface area contributed by atoms with E-state index in [9.17, 15) is 13.2 Å². The second-order valence-electron chi connectivity index (χ2n) is 8.16. The molecule has 1 atom stereocenters. The van der Waals surface area contributed by atoms with Crippen LogP contribution < -0.4 is 5.32 Å². The summed E-state index contributed by atoms with van der Waals surface area (Å²) in [5, 5.41) is 5.58. The first-order valence-electron chi connectivity index (χ1n) is 10.2. The highest BCUT2D eigenvalue weighted by Crippen LogP contribution is 2.22. The lowest BCUT2D eigenvalue weighted by molar-refractivity contribution is -0.126. The van der Waals surface area contributed by atoms with Crippen molar-refractivity contribution in [2.24, 2.45) is 11.8 Å². The van der Waals surface area contributed by atoms with Crippen LogP contribution in [0.2, 0.25) is 0 Å². The molecular formula is C22H31N3O3S. The third kappa shape index (κ3) is 5.15. The number of fused-ring (bicyclic) bond motifs is 1. The summed E-state index contributed by atoms with van der Waals surface area (Å²) in [6, 6.07) is 14.7. The number of benzene rings is 2. The summed E-state index contributed by atoms with van der Waals surface area (Å²) in [7, 11) is -0.326. The molecule has 1 N–H and O–H groups in total. The van der Waals surface area contributed by atoms with Crippen LogP contribution >= 0.6 is 0 Å². The van der Waals surface area contributed by atoms with Crippen LogP contribution in [0.25, 0.3) is 10.8 Å². The Balaban J connectivity index is 1.49. The van der Waals surface area contributed by atoms with Gasteiger partial charge in [-0.05, 0) is 41.5 Å². The molecule has 0 spiro atoms. The Labute approximate surface area is 174 Å². The molecule has 29 heavy (non-hydrogen) atoms. The van der Waals surface area contributed by atoms with Gasteiger partial charge in [0.2, 0.25) is 5.91 Å². The Morgan fingerprint density at radius 2 is 1.79 bits per heavy atom. The van der Waals surface area contributed by atoms with Crippen LogP contribution in [-0.2, 0) is 21.4 Å². The smallest absolute Gasteiger partial charge is 0.281 e. The summed E-state index contributed by atoms with van der Waals surface area (Å²) in [6.45, 7) is 3.56. The number of carbonyl (C=O) groups is 1. The number of hydrogen-bond donors (Lipinski definition) is 1. The first kappa shape index (κ1) is 21.7. The molecular weight excluding hydrogens is 386 g/mol. The molecule has 1 heterocycles. The predicted molar refractivity (Wildman–Crippen MR) is 117 cm³/mol. The second-order valence-corrected chi connectivity index (χ2v) is 10.3. The molecule has 1 saturated heterocycles. The Kier molecular flexibility index (Phi) is 6.93. The molecule has 0 bridgehead atoms. The maximum atomic E-state index is 12.6. The van der Waals surface area contributed by atoms with Crippen molar-refractivity contribution in [1.29, 1.82) is 0 Å². The average Bonchev–Trinajstić information content (AvgIpc) is 2.72. The average molecular weight is 418 g/mol. The van der Waals surface area contributed by atoms with Crippen LogP contribution in [-0.4, -0.2) is 56.7 Å². The van der Waals surface area contributed by atoms with Crippen molar-refractivity contribution in [2.75, 3.05) is 33.7 Å². The van der Waals surface area contributed by atoms with Crippen LogP contribution in [0.15, 0.2) is 42.5 Å². The minimum Gasteiger partial charge on any atom is -0.356 e. The molecule has 1 amide bonds. The Hall–Kier alpha value is -1.96. The Morgan fingerprint density at radius 1 is 1.14 bits per heavy atom. The van der Waals surface area contributed by atoms with Gasteiger partial charge in [0.15, 0.2) is 0 Å². The fourth-order valence-electron chi connectivity index (χ4n) is 3.92. The fraction of sp³-hybridized carbons (Fsp3) is 0.500. The standard InChI is InChI=1S/C22H31N3O3S/c1-17(15-20-9-6-8-18-7-4-5-10-21(18)20)16-23-22(26)19-11-13-25(14-12-19)29(27,28)24(2)3/h4-10,17,19H,11-16H2,1-3H3,(H,23,26). The number of carbonyl (C=O) groups excluding carboxylic acids is 1. The quantitative estimate of drug-likeness (QED) is 0.753. The van der Waals surface area contributed by atoms with E-state index in [1.54, 1.807) is 0 Å². The van der Waals surface area contributed by atoms with Gasteiger partial charge in [0.25, 0.3) is 10.2 Å². The van der Waals surface area contributed by atoms with Gasteiger partial charge in [-0.1, -0.05) is 49.4 Å². The van der Waals surface area contributed by atoms with E-state index < -0.39 is 10.2 Å². The van der Waals surface area contributed by atoms with Gasteiger partial charge in [0, 0.05) is 39.6 Å². The molecule has 0 aliphatic carbocycles. The Bertz CT molecular complexity index is 945. The lowest BCUT2D eigenvalue weighted by Gasteiger charge is -2.32. The van der Waals surface area contributed by atoms with Crippen LogP contribution in [0.5, 0.6) is 0 Å². The van der Waals surface area contributed by atoms with Gasteiger partial charge in [-0.25, -0.2) is 0 Å². The third-order valence-electron chi connectivity index (χ3n) is 5.69. The molecule has 0 aromatic heterocycles. The molecule has 6 nitrogen and oxygen atoms in total. The molecule has 158 valence electrons. The van der Waals surface area contributed by atoms with Crippen LogP contribution in [0, 0.1) is 11.8 Å². The highest BCUT2D eigenvalue weighted by atomic mass is 32.2. The number of rotatable bonds is 7. The molecule has 0 radical (unpaired) electrons. The van der Waals surface area contributed by atoms with Gasteiger partial charge in [-0.3, -0.25) is 4.79 Å². The summed E-state index contributed by atoms with van der Waals surface area (Å²) in [6.07, 6.45) is 2.04. The van der Waals surface area contributed by atoms with Crippen molar-refractivity contribution in [3.8, 4) is 0 Å². The number of hydrogen-bond acceptors (Lipinski definition) is 3. The third-order valence-corrected chi connectivity index (χ3v) is 7.63. The minimum absolute atomic E-state index is 0.0386. The fourth-order valence-corrected chi connectivity index (χ4v) is 5.05. The van der Waals surface area contributed by atoms with Crippen LogP contribution in [0.3, 0.4) is 0 Å². The largest absolute Gasteiger partial charge is 0.356 e. The van der Waals surface area contributed by atoms with Gasteiger partial charge in [-0.15, -0.1) is 0 Å². The topological polar surface area (TPSA) is 69.7 Å². The molecule has 0 saturated carbocycles. The number of nitrogens with one attached hydrogen (secondary N) is 1. The van der Waals surface area contributed by atoms with Gasteiger partial charge >= 0.3 is 0 Å². The maximum absolute atomic E-state index is 12.6. The van der Waals surface area contributed by atoms with E-state index in [1.165, 1.54) is 39.0 Å². The normalized spacial score (nSPS) is 17.5. The number of nitrogens with zero attached hydrogens (tertiary/aromatic N) is 2. The van der Waals surface area contributed by atoms with Crippen molar-refractivity contribution >= 4 is 26.9 Å². The molecule has 1 fully saturated rings. The summed E-state index contributed by atoms with van der Waals surface area (Å²) >= 11 is 0. The van der Waals surface area contributed by atoms with E-state index >= 15 is 0 Å². The zero-order chi connectivity index (χ0) is 21.0. The van der Waals surface area contributed by atoms with Crippen LogP contribution in [0.4, 0.5) is 0 Å². The zero-order valence-electron chi connectivity index (χ0n) is 17.5.